The van der Waals surface area contributed by atoms with E-state index >= 15 is 0 Å². The van der Waals surface area contributed by atoms with E-state index in [0.29, 0.717) is 0 Å². The summed E-state index contributed by atoms with van der Waals surface area (Å²) in [4.78, 5) is 0. The Morgan fingerprint density at radius 2 is 2.12 bits per heavy atom. The van der Waals surface area contributed by atoms with Gasteiger partial charge in [0.2, 0.25) is 0 Å². The van der Waals surface area contributed by atoms with Gasteiger partial charge < -0.3 is 10.1 Å². The summed E-state index contributed by atoms with van der Waals surface area (Å²) < 4.78 is 28.2. The second kappa shape index (κ2) is 6.01. The van der Waals surface area contributed by atoms with E-state index in [2.05, 4.69) is 10.1 Å². The molecule has 0 fully saturated rings. The first-order chi connectivity index (χ1) is 7.54. The van der Waals surface area contributed by atoms with Crippen LogP contribution < -0.4 is 10.1 Å². The van der Waals surface area contributed by atoms with Crippen molar-refractivity contribution in [2.24, 2.45) is 0 Å². The monoisotopic (exact) mass is 249 g/mol. The summed E-state index contributed by atoms with van der Waals surface area (Å²) in [5.41, 5.74) is 0.938. The third-order valence-electron chi connectivity index (χ3n) is 2.18. The van der Waals surface area contributed by atoms with E-state index in [4.69, 9.17) is 11.6 Å². The van der Waals surface area contributed by atoms with Crippen LogP contribution in [0, 0.1) is 0 Å². The minimum Gasteiger partial charge on any atom is -0.433 e. The van der Waals surface area contributed by atoms with Crippen molar-refractivity contribution in [2.45, 2.75) is 26.5 Å². The molecule has 0 amide bonds. The highest BCUT2D eigenvalue weighted by atomic mass is 35.5. The fraction of sp³-hybridized carbons (Fsp3) is 0.455. The highest BCUT2D eigenvalue weighted by molar-refractivity contribution is 6.32. The van der Waals surface area contributed by atoms with Crippen molar-refractivity contribution in [1.29, 1.82) is 0 Å². The summed E-state index contributed by atoms with van der Waals surface area (Å²) >= 11 is 5.83. The summed E-state index contributed by atoms with van der Waals surface area (Å²) in [5, 5.41) is 3.40. The van der Waals surface area contributed by atoms with Crippen molar-refractivity contribution in [3.05, 3.63) is 28.8 Å². The van der Waals surface area contributed by atoms with E-state index in [-0.39, 0.29) is 16.8 Å². The molecule has 0 aromatic heterocycles. The lowest BCUT2D eigenvalue weighted by molar-refractivity contribution is -0.0497. The minimum atomic E-state index is -2.85. The molecule has 1 aromatic carbocycles. The highest BCUT2D eigenvalue weighted by Crippen LogP contribution is 2.28. The van der Waals surface area contributed by atoms with Crippen LogP contribution in [0.1, 0.15) is 25.5 Å². The maximum atomic E-state index is 12.0. The maximum Gasteiger partial charge on any atom is 0.387 e. The van der Waals surface area contributed by atoms with Gasteiger partial charge in [-0.3, -0.25) is 0 Å². The molecular formula is C11H14ClF2NO. The predicted octanol–water partition coefficient (Wildman–Crippen LogP) is 3.61. The molecule has 0 aliphatic rings. The molecule has 0 spiro atoms. The number of benzene rings is 1. The molecule has 2 nitrogen and oxygen atoms in total. The van der Waals surface area contributed by atoms with Gasteiger partial charge in [0.05, 0.1) is 5.02 Å². The molecule has 1 rings (SSSR count). The van der Waals surface area contributed by atoms with Crippen molar-refractivity contribution in [1.82, 2.24) is 5.32 Å². The Morgan fingerprint density at radius 3 is 2.62 bits per heavy atom. The predicted molar refractivity (Wildman–Crippen MR) is 60.2 cm³/mol. The van der Waals surface area contributed by atoms with Gasteiger partial charge in [-0.2, -0.15) is 8.78 Å². The molecule has 0 bridgehead atoms. The van der Waals surface area contributed by atoms with Crippen molar-refractivity contribution in [3.63, 3.8) is 0 Å². The zero-order chi connectivity index (χ0) is 12.1. The van der Waals surface area contributed by atoms with Gasteiger partial charge in [0.1, 0.15) is 5.75 Å². The van der Waals surface area contributed by atoms with E-state index in [9.17, 15) is 8.78 Å². The summed E-state index contributed by atoms with van der Waals surface area (Å²) in [6.45, 7) is 1.94. The van der Waals surface area contributed by atoms with E-state index in [1.807, 2.05) is 13.8 Å². The molecule has 5 heteroatoms. The van der Waals surface area contributed by atoms with Crippen LogP contribution >= 0.6 is 11.6 Å². The van der Waals surface area contributed by atoms with Crippen molar-refractivity contribution in [3.8, 4) is 5.75 Å². The highest BCUT2D eigenvalue weighted by Gasteiger charge is 2.11. The Bertz CT molecular complexity index is 347. The van der Waals surface area contributed by atoms with Gasteiger partial charge in [-0.25, -0.2) is 0 Å². The molecule has 0 saturated carbocycles. The smallest absolute Gasteiger partial charge is 0.387 e. The molecule has 0 heterocycles. The SMILES string of the molecule is CCNC(C)c1ccc(OC(F)F)c(Cl)c1. The van der Waals surface area contributed by atoms with E-state index < -0.39 is 6.61 Å². The number of hydrogen-bond donors (Lipinski definition) is 1. The lowest BCUT2D eigenvalue weighted by Gasteiger charge is -2.14. The van der Waals surface area contributed by atoms with Crippen LogP contribution in [0.15, 0.2) is 18.2 Å². The first-order valence-electron chi connectivity index (χ1n) is 5.02. The Morgan fingerprint density at radius 1 is 1.44 bits per heavy atom. The van der Waals surface area contributed by atoms with Gasteiger partial charge in [-0.15, -0.1) is 0 Å². The Labute approximate surface area is 98.6 Å². The van der Waals surface area contributed by atoms with Gasteiger partial charge in [0.25, 0.3) is 0 Å². The summed E-state index contributed by atoms with van der Waals surface area (Å²) in [5.74, 6) is 0.00381. The van der Waals surface area contributed by atoms with Crippen LogP contribution in [0.5, 0.6) is 5.75 Å². The Balaban J connectivity index is 2.82. The third kappa shape index (κ3) is 3.61. The van der Waals surface area contributed by atoms with Crippen LogP contribution in [0.3, 0.4) is 0 Å². The van der Waals surface area contributed by atoms with Crippen LogP contribution in [-0.4, -0.2) is 13.2 Å². The average molecular weight is 250 g/mol. The molecule has 1 unspecified atom stereocenters. The van der Waals surface area contributed by atoms with E-state index in [1.54, 1.807) is 12.1 Å². The summed E-state index contributed by atoms with van der Waals surface area (Å²) in [6, 6.07) is 4.93. The number of rotatable bonds is 5. The van der Waals surface area contributed by atoms with Crippen molar-refractivity contribution >= 4 is 11.6 Å². The van der Waals surface area contributed by atoms with E-state index in [1.165, 1.54) is 6.07 Å². The zero-order valence-corrected chi connectivity index (χ0v) is 9.89. The molecule has 1 N–H and O–H groups in total. The standard InChI is InChI=1S/C11H14ClF2NO/c1-3-15-7(2)8-4-5-10(9(12)6-8)16-11(13)14/h4-7,11,15H,3H2,1-2H3. The molecular weight excluding hydrogens is 236 g/mol. The first kappa shape index (κ1) is 13.2. The fourth-order valence-electron chi connectivity index (χ4n) is 1.40. The van der Waals surface area contributed by atoms with Gasteiger partial charge in [-0.05, 0) is 31.2 Å². The second-order valence-corrected chi connectivity index (χ2v) is 3.75. The molecule has 16 heavy (non-hydrogen) atoms. The Kier molecular flexibility index (Phi) is 4.96. The minimum absolute atomic E-state index is 0.00381. The Hall–Kier alpha value is -0.870. The number of alkyl halides is 2. The maximum absolute atomic E-state index is 12.0. The summed E-state index contributed by atoms with van der Waals surface area (Å²) in [7, 11) is 0. The molecule has 0 aliphatic heterocycles. The lowest BCUT2D eigenvalue weighted by Crippen LogP contribution is -2.17. The largest absolute Gasteiger partial charge is 0.433 e. The number of ether oxygens (including phenoxy) is 1. The normalized spacial score (nSPS) is 12.9. The number of halogens is 3. The zero-order valence-electron chi connectivity index (χ0n) is 9.14. The van der Waals surface area contributed by atoms with Gasteiger partial charge in [0, 0.05) is 6.04 Å². The van der Waals surface area contributed by atoms with Gasteiger partial charge in [0.15, 0.2) is 0 Å². The quantitative estimate of drug-likeness (QED) is 0.861. The summed E-state index contributed by atoms with van der Waals surface area (Å²) in [6.07, 6.45) is 0. The molecule has 1 aromatic rings. The van der Waals surface area contributed by atoms with E-state index in [0.717, 1.165) is 12.1 Å². The fourth-order valence-corrected chi connectivity index (χ4v) is 1.64. The number of nitrogens with one attached hydrogen (secondary N) is 1. The average Bonchev–Trinajstić information content (AvgIpc) is 2.20. The van der Waals surface area contributed by atoms with Crippen molar-refractivity contribution in [2.75, 3.05) is 6.54 Å². The third-order valence-corrected chi connectivity index (χ3v) is 2.48. The van der Waals surface area contributed by atoms with Crippen LogP contribution in [0.4, 0.5) is 8.78 Å². The second-order valence-electron chi connectivity index (χ2n) is 3.35. The molecule has 0 radical (unpaired) electrons. The topological polar surface area (TPSA) is 21.3 Å². The van der Waals surface area contributed by atoms with Crippen LogP contribution in [0.25, 0.3) is 0 Å². The number of hydrogen-bond acceptors (Lipinski definition) is 2. The lowest BCUT2D eigenvalue weighted by atomic mass is 10.1. The molecule has 0 aliphatic carbocycles. The van der Waals surface area contributed by atoms with Crippen molar-refractivity contribution < 1.29 is 13.5 Å². The van der Waals surface area contributed by atoms with Crippen LogP contribution in [0.2, 0.25) is 5.02 Å². The molecule has 0 saturated heterocycles. The first-order valence-corrected chi connectivity index (χ1v) is 5.40. The van der Waals surface area contributed by atoms with Gasteiger partial charge >= 0.3 is 6.61 Å². The van der Waals surface area contributed by atoms with Gasteiger partial charge in [-0.1, -0.05) is 24.6 Å². The van der Waals surface area contributed by atoms with Crippen LogP contribution in [-0.2, 0) is 0 Å². The molecule has 90 valence electrons. The molecule has 1 atom stereocenters.